The van der Waals surface area contributed by atoms with Crippen molar-refractivity contribution < 1.29 is 0 Å². The van der Waals surface area contributed by atoms with E-state index in [0.29, 0.717) is 11.6 Å². The van der Waals surface area contributed by atoms with E-state index in [1.54, 1.807) is 0 Å². The summed E-state index contributed by atoms with van der Waals surface area (Å²) in [6.07, 6.45) is 0. The van der Waals surface area contributed by atoms with Gasteiger partial charge in [0.1, 0.15) is 0 Å². The van der Waals surface area contributed by atoms with Crippen LogP contribution < -0.4 is 5.73 Å². The highest BCUT2D eigenvalue weighted by atomic mass is 79.9. The maximum absolute atomic E-state index is 5.87. The predicted molar refractivity (Wildman–Crippen MR) is 54.7 cm³/mol. The van der Waals surface area contributed by atoms with Gasteiger partial charge in [0, 0.05) is 15.5 Å². The standard InChI is InChI=1S/C7H6Br2ClN/c8-5-1-4(3-11)7(9)6(10)2-5/h1-2H,3,11H2. The minimum atomic E-state index is 0.486. The van der Waals surface area contributed by atoms with Gasteiger partial charge in [-0.25, -0.2) is 0 Å². The average Bonchev–Trinajstić information content (AvgIpc) is 1.96. The van der Waals surface area contributed by atoms with Gasteiger partial charge >= 0.3 is 0 Å². The molecule has 2 N–H and O–H groups in total. The van der Waals surface area contributed by atoms with E-state index in [1.807, 2.05) is 12.1 Å². The molecular formula is C7H6Br2ClN. The third-order valence-corrected chi connectivity index (χ3v) is 3.21. The van der Waals surface area contributed by atoms with Crippen molar-refractivity contribution in [1.82, 2.24) is 0 Å². The summed E-state index contributed by atoms with van der Waals surface area (Å²) in [5, 5.41) is 0.680. The number of nitrogens with two attached hydrogens (primary N) is 1. The molecule has 1 aromatic carbocycles. The monoisotopic (exact) mass is 297 g/mol. The highest BCUT2D eigenvalue weighted by Crippen LogP contribution is 2.29. The van der Waals surface area contributed by atoms with Crippen LogP contribution in [-0.4, -0.2) is 0 Å². The van der Waals surface area contributed by atoms with E-state index in [2.05, 4.69) is 31.9 Å². The Balaban J connectivity index is 3.24. The number of rotatable bonds is 1. The van der Waals surface area contributed by atoms with Crippen molar-refractivity contribution in [2.45, 2.75) is 6.54 Å². The van der Waals surface area contributed by atoms with Gasteiger partial charge in [-0.05, 0) is 33.6 Å². The molecule has 0 saturated heterocycles. The molecule has 60 valence electrons. The number of halogens is 3. The van der Waals surface area contributed by atoms with Crippen LogP contribution >= 0.6 is 43.5 Å². The molecule has 11 heavy (non-hydrogen) atoms. The van der Waals surface area contributed by atoms with Crippen molar-refractivity contribution in [3.8, 4) is 0 Å². The summed E-state index contributed by atoms with van der Waals surface area (Å²) in [5.74, 6) is 0. The normalized spacial score (nSPS) is 10.2. The smallest absolute Gasteiger partial charge is 0.0562 e. The molecule has 0 spiro atoms. The lowest BCUT2D eigenvalue weighted by atomic mass is 10.2. The van der Waals surface area contributed by atoms with Crippen LogP contribution in [0.15, 0.2) is 21.1 Å². The largest absolute Gasteiger partial charge is 0.326 e. The van der Waals surface area contributed by atoms with E-state index >= 15 is 0 Å². The minimum Gasteiger partial charge on any atom is -0.326 e. The Morgan fingerprint density at radius 3 is 2.55 bits per heavy atom. The molecule has 0 aliphatic carbocycles. The van der Waals surface area contributed by atoms with Crippen LogP contribution in [0.25, 0.3) is 0 Å². The van der Waals surface area contributed by atoms with Crippen LogP contribution in [0.1, 0.15) is 5.56 Å². The number of hydrogen-bond acceptors (Lipinski definition) is 1. The number of hydrogen-bond donors (Lipinski definition) is 1. The highest BCUT2D eigenvalue weighted by Gasteiger charge is 2.03. The summed E-state index contributed by atoms with van der Waals surface area (Å²) in [5.41, 5.74) is 6.48. The van der Waals surface area contributed by atoms with Gasteiger partial charge in [-0.15, -0.1) is 0 Å². The molecule has 0 saturated carbocycles. The molecular weight excluding hydrogens is 293 g/mol. The molecule has 0 atom stereocenters. The molecule has 0 fully saturated rings. The fraction of sp³-hybridized carbons (Fsp3) is 0.143. The van der Waals surface area contributed by atoms with Gasteiger partial charge in [0.15, 0.2) is 0 Å². The molecule has 0 bridgehead atoms. The molecule has 4 heteroatoms. The summed E-state index contributed by atoms with van der Waals surface area (Å²) in [4.78, 5) is 0. The van der Waals surface area contributed by atoms with Crippen LogP contribution in [0.5, 0.6) is 0 Å². The van der Waals surface area contributed by atoms with E-state index < -0.39 is 0 Å². The Kier molecular flexibility index (Phi) is 3.37. The predicted octanol–water partition coefficient (Wildman–Crippen LogP) is 3.32. The molecule has 0 radical (unpaired) electrons. The van der Waals surface area contributed by atoms with Crippen LogP contribution in [0.2, 0.25) is 5.02 Å². The first-order valence-corrected chi connectivity index (χ1v) is 4.95. The van der Waals surface area contributed by atoms with Crippen molar-refractivity contribution in [3.63, 3.8) is 0 Å². The minimum absolute atomic E-state index is 0.486. The summed E-state index contributed by atoms with van der Waals surface area (Å²) in [6.45, 7) is 0.486. The molecule has 0 heterocycles. The maximum Gasteiger partial charge on any atom is 0.0562 e. The second-order valence-corrected chi connectivity index (χ2v) is 4.18. The van der Waals surface area contributed by atoms with Crippen LogP contribution in [0, 0.1) is 0 Å². The first kappa shape index (κ1) is 9.52. The van der Waals surface area contributed by atoms with E-state index in [-0.39, 0.29) is 0 Å². The molecule has 1 rings (SSSR count). The van der Waals surface area contributed by atoms with Gasteiger partial charge in [0.25, 0.3) is 0 Å². The second-order valence-electron chi connectivity index (χ2n) is 2.06. The first-order valence-electron chi connectivity index (χ1n) is 2.98. The van der Waals surface area contributed by atoms with Gasteiger partial charge < -0.3 is 5.73 Å². The van der Waals surface area contributed by atoms with Crippen molar-refractivity contribution in [2.24, 2.45) is 5.73 Å². The third kappa shape index (κ3) is 2.18. The topological polar surface area (TPSA) is 26.0 Å². The number of benzene rings is 1. The van der Waals surface area contributed by atoms with Gasteiger partial charge in [0.2, 0.25) is 0 Å². The zero-order valence-corrected chi connectivity index (χ0v) is 9.50. The summed E-state index contributed by atoms with van der Waals surface area (Å²) in [7, 11) is 0. The van der Waals surface area contributed by atoms with Gasteiger partial charge in [0.05, 0.1) is 5.02 Å². The van der Waals surface area contributed by atoms with Gasteiger partial charge in [-0.2, -0.15) is 0 Å². The van der Waals surface area contributed by atoms with E-state index in [9.17, 15) is 0 Å². The average molecular weight is 299 g/mol. The SMILES string of the molecule is NCc1cc(Br)cc(Cl)c1Br. The quantitative estimate of drug-likeness (QED) is 0.791. The van der Waals surface area contributed by atoms with E-state index in [0.717, 1.165) is 14.5 Å². The molecule has 1 nitrogen and oxygen atoms in total. The maximum atomic E-state index is 5.87. The van der Waals surface area contributed by atoms with Crippen LogP contribution in [0.3, 0.4) is 0 Å². The summed E-state index contributed by atoms with van der Waals surface area (Å²) in [6, 6.07) is 3.76. The lowest BCUT2D eigenvalue weighted by Crippen LogP contribution is -1.97. The fourth-order valence-corrected chi connectivity index (χ4v) is 2.02. The molecule has 0 unspecified atom stereocenters. The van der Waals surface area contributed by atoms with Crippen molar-refractivity contribution >= 4 is 43.5 Å². The van der Waals surface area contributed by atoms with Gasteiger partial charge in [-0.1, -0.05) is 27.5 Å². The molecule has 0 amide bonds. The molecule has 1 aromatic rings. The molecule has 0 aliphatic rings. The molecule has 0 aliphatic heterocycles. The Labute approximate surface area is 87.2 Å². The van der Waals surface area contributed by atoms with Crippen LogP contribution in [0.4, 0.5) is 0 Å². The summed E-state index contributed by atoms with van der Waals surface area (Å²) < 4.78 is 1.83. The molecule has 0 aromatic heterocycles. The fourth-order valence-electron chi connectivity index (χ4n) is 0.758. The lowest BCUT2D eigenvalue weighted by Gasteiger charge is -2.03. The van der Waals surface area contributed by atoms with E-state index in [4.69, 9.17) is 17.3 Å². The van der Waals surface area contributed by atoms with Gasteiger partial charge in [-0.3, -0.25) is 0 Å². The van der Waals surface area contributed by atoms with Crippen molar-refractivity contribution in [1.29, 1.82) is 0 Å². The second kappa shape index (κ2) is 3.90. The zero-order chi connectivity index (χ0) is 8.43. The Bertz CT molecular complexity index is 275. The zero-order valence-electron chi connectivity index (χ0n) is 5.57. The Hall–Kier alpha value is 0.430. The van der Waals surface area contributed by atoms with Crippen LogP contribution in [-0.2, 0) is 6.54 Å². The first-order chi connectivity index (χ1) is 5.15. The van der Waals surface area contributed by atoms with Crippen molar-refractivity contribution in [2.75, 3.05) is 0 Å². The Morgan fingerprint density at radius 1 is 1.36 bits per heavy atom. The Morgan fingerprint density at radius 2 is 2.00 bits per heavy atom. The lowest BCUT2D eigenvalue weighted by molar-refractivity contribution is 1.06. The van der Waals surface area contributed by atoms with E-state index in [1.165, 1.54) is 0 Å². The van der Waals surface area contributed by atoms with Crippen molar-refractivity contribution in [3.05, 3.63) is 31.7 Å². The highest BCUT2D eigenvalue weighted by molar-refractivity contribution is 9.11. The summed E-state index contributed by atoms with van der Waals surface area (Å²) >= 11 is 12.5. The third-order valence-electron chi connectivity index (χ3n) is 1.29.